The van der Waals surface area contributed by atoms with E-state index in [-0.39, 0.29) is 12.4 Å². The van der Waals surface area contributed by atoms with Crippen molar-refractivity contribution in [3.05, 3.63) is 68.5 Å². The first kappa shape index (κ1) is 14.8. The van der Waals surface area contributed by atoms with Gasteiger partial charge in [-0.1, -0.05) is 23.2 Å². The van der Waals surface area contributed by atoms with Gasteiger partial charge in [-0.15, -0.1) is 0 Å². The van der Waals surface area contributed by atoms with Gasteiger partial charge in [-0.2, -0.15) is 0 Å². The molecule has 0 saturated heterocycles. The Morgan fingerprint density at radius 2 is 1.91 bits per heavy atom. The molecular formula is C16H10Cl2O4. The van der Waals surface area contributed by atoms with Gasteiger partial charge in [0.1, 0.15) is 23.7 Å². The van der Waals surface area contributed by atoms with Crippen molar-refractivity contribution in [2.75, 3.05) is 0 Å². The van der Waals surface area contributed by atoms with E-state index >= 15 is 0 Å². The summed E-state index contributed by atoms with van der Waals surface area (Å²) >= 11 is 11.9. The second-order valence-corrected chi connectivity index (χ2v) is 5.48. The molecule has 6 heteroatoms. The molecular weight excluding hydrogens is 327 g/mol. The van der Waals surface area contributed by atoms with E-state index in [2.05, 4.69) is 0 Å². The maximum atomic E-state index is 11.6. The lowest BCUT2D eigenvalue weighted by molar-refractivity contribution is 0.307. The van der Waals surface area contributed by atoms with Crippen LogP contribution in [0.5, 0.6) is 11.5 Å². The van der Waals surface area contributed by atoms with Crippen molar-refractivity contribution in [1.82, 2.24) is 0 Å². The average molecular weight is 337 g/mol. The molecule has 0 radical (unpaired) electrons. The van der Waals surface area contributed by atoms with E-state index in [9.17, 15) is 9.90 Å². The second kappa shape index (κ2) is 5.91. The van der Waals surface area contributed by atoms with Crippen molar-refractivity contribution in [2.24, 2.45) is 0 Å². The van der Waals surface area contributed by atoms with Crippen LogP contribution in [0.3, 0.4) is 0 Å². The predicted octanol–water partition coefficient (Wildman–Crippen LogP) is 4.38. The highest BCUT2D eigenvalue weighted by Crippen LogP contribution is 2.29. The van der Waals surface area contributed by atoms with Gasteiger partial charge >= 0.3 is 5.63 Å². The molecule has 0 unspecified atom stereocenters. The van der Waals surface area contributed by atoms with Gasteiger partial charge in [-0.3, -0.25) is 0 Å². The number of phenols is 1. The highest BCUT2D eigenvalue weighted by Gasteiger charge is 2.09. The first-order valence-electron chi connectivity index (χ1n) is 6.36. The van der Waals surface area contributed by atoms with Crippen molar-refractivity contribution >= 4 is 34.2 Å². The van der Waals surface area contributed by atoms with Crippen LogP contribution in [0.15, 0.2) is 51.7 Å². The van der Waals surface area contributed by atoms with Gasteiger partial charge in [-0.25, -0.2) is 4.79 Å². The molecule has 0 atom stereocenters. The molecule has 0 saturated carbocycles. The fraction of sp³-hybridized carbons (Fsp3) is 0.0625. The lowest BCUT2D eigenvalue weighted by Gasteiger charge is -2.10. The Bertz CT molecular complexity index is 902. The number of rotatable bonds is 3. The minimum atomic E-state index is -0.520. The fourth-order valence-electron chi connectivity index (χ4n) is 2.08. The van der Waals surface area contributed by atoms with Crippen LogP contribution in [0.25, 0.3) is 11.0 Å². The third-order valence-electron chi connectivity index (χ3n) is 3.09. The first-order chi connectivity index (χ1) is 10.5. The molecule has 1 N–H and O–H groups in total. The Morgan fingerprint density at radius 3 is 2.73 bits per heavy atom. The molecule has 0 aliphatic carbocycles. The third-order valence-corrected chi connectivity index (χ3v) is 3.64. The molecule has 0 amide bonds. The third kappa shape index (κ3) is 3.03. The summed E-state index contributed by atoms with van der Waals surface area (Å²) in [6.07, 6.45) is 0. The molecule has 0 fully saturated rings. The minimum Gasteiger partial charge on any atom is -0.508 e. The van der Waals surface area contributed by atoms with Crippen LogP contribution in [-0.4, -0.2) is 5.11 Å². The summed E-state index contributed by atoms with van der Waals surface area (Å²) in [5.41, 5.74) is 0.402. The molecule has 112 valence electrons. The highest BCUT2D eigenvalue weighted by atomic mass is 35.5. The molecule has 3 aromatic rings. The van der Waals surface area contributed by atoms with E-state index in [4.69, 9.17) is 32.4 Å². The number of benzene rings is 2. The molecule has 4 nitrogen and oxygen atoms in total. The summed E-state index contributed by atoms with van der Waals surface area (Å²) in [5.74, 6) is 0.445. The van der Waals surface area contributed by atoms with Gasteiger partial charge in [0.15, 0.2) is 0 Å². The van der Waals surface area contributed by atoms with Gasteiger partial charge in [-0.05, 0) is 24.3 Å². The quantitative estimate of drug-likeness (QED) is 0.721. The molecule has 1 heterocycles. The molecule has 1 aromatic heterocycles. The van der Waals surface area contributed by atoms with Gasteiger partial charge in [0, 0.05) is 34.2 Å². The normalized spacial score (nSPS) is 10.8. The Balaban J connectivity index is 1.97. The number of aromatic hydroxyl groups is 1. The van der Waals surface area contributed by atoms with E-state index < -0.39 is 5.63 Å². The summed E-state index contributed by atoms with van der Waals surface area (Å²) < 4.78 is 10.7. The Kier molecular flexibility index (Phi) is 3.96. The average Bonchev–Trinajstić information content (AvgIpc) is 2.47. The van der Waals surface area contributed by atoms with Crippen molar-refractivity contribution in [2.45, 2.75) is 6.61 Å². The zero-order valence-electron chi connectivity index (χ0n) is 11.2. The maximum Gasteiger partial charge on any atom is 0.336 e. The summed E-state index contributed by atoms with van der Waals surface area (Å²) in [6.45, 7) is 0.118. The Hall–Kier alpha value is -2.17. The topological polar surface area (TPSA) is 59.7 Å². The van der Waals surface area contributed by atoms with Crippen molar-refractivity contribution in [3.63, 3.8) is 0 Å². The van der Waals surface area contributed by atoms with E-state index in [1.54, 1.807) is 24.3 Å². The number of hydrogen-bond acceptors (Lipinski definition) is 4. The lowest BCUT2D eigenvalue weighted by atomic mass is 10.1. The zero-order chi connectivity index (χ0) is 15.7. The van der Waals surface area contributed by atoms with Crippen LogP contribution in [0.4, 0.5) is 0 Å². The number of ether oxygens (including phenoxy) is 1. The Labute approximate surface area is 135 Å². The van der Waals surface area contributed by atoms with Crippen molar-refractivity contribution < 1.29 is 14.3 Å². The van der Waals surface area contributed by atoms with E-state index in [1.807, 2.05) is 0 Å². The summed E-state index contributed by atoms with van der Waals surface area (Å²) in [7, 11) is 0. The van der Waals surface area contributed by atoms with E-state index in [0.29, 0.717) is 32.3 Å². The fourth-order valence-corrected chi connectivity index (χ4v) is 2.42. The Morgan fingerprint density at radius 1 is 1.09 bits per heavy atom. The van der Waals surface area contributed by atoms with Crippen LogP contribution >= 0.6 is 23.2 Å². The summed E-state index contributed by atoms with van der Waals surface area (Å²) in [5, 5.41) is 11.1. The molecule has 0 spiro atoms. The van der Waals surface area contributed by atoms with Crippen LogP contribution in [0.1, 0.15) is 5.56 Å². The van der Waals surface area contributed by atoms with Gasteiger partial charge < -0.3 is 14.3 Å². The van der Waals surface area contributed by atoms with E-state index in [0.717, 1.165) is 0 Å². The molecule has 3 rings (SSSR count). The van der Waals surface area contributed by atoms with Gasteiger partial charge in [0.2, 0.25) is 0 Å². The largest absolute Gasteiger partial charge is 0.508 e. The SMILES string of the molecule is O=c1cc(COc2cc(Cl)ccc2Cl)c2ccc(O)cc2o1. The smallest absolute Gasteiger partial charge is 0.336 e. The summed E-state index contributed by atoms with van der Waals surface area (Å²) in [6, 6.07) is 10.8. The highest BCUT2D eigenvalue weighted by molar-refractivity contribution is 6.34. The standard InChI is InChI=1S/C16H10Cl2O4/c17-10-1-4-13(18)15(6-10)21-8-9-5-16(20)22-14-7-11(19)2-3-12(9)14/h1-7,19H,8H2. The maximum absolute atomic E-state index is 11.6. The van der Waals surface area contributed by atoms with Crippen LogP contribution < -0.4 is 10.4 Å². The molecule has 0 bridgehead atoms. The molecule has 22 heavy (non-hydrogen) atoms. The minimum absolute atomic E-state index is 0.0200. The molecule has 0 aliphatic rings. The van der Waals surface area contributed by atoms with Gasteiger partial charge in [0.25, 0.3) is 0 Å². The predicted molar refractivity (Wildman–Crippen MR) is 84.9 cm³/mol. The molecule has 2 aromatic carbocycles. The van der Waals surface area contributed by atoms with Crippen LogP contribution in [-0.2, 0) is 6.61 Å². The summed E-state index contributed by atoms with van der Waals surface area (Å²) in [4.78, 5) is 11.6. The van der Waals surface area contributed by atoms with Crippen molar-refractivity contribution in [1.29, 1.82) is 0 Å². The van der Waals surface area contributed by atoms with Gasteiger partial charge in [0.05, 0.1) is 5.02 Å². The molecule has 0 aliphatic heterocycles. The monoisotopic (exact) mass is 336 g/mol. The van der Waals surface area contributed by atoms with Crippen molar-refractivity contribution in [3.8, 4) is 11.5 Å². The number of fused-ring (bicyclic) bond motifs is 1. The number of halogens is 2. The number of phenolic OH excluding ortho intramolecular Hbond substituents is 1. The van der Waals surface area contributed by atoms with Crippen LogP contribution in [0, 0.1) is 0 Å². The zero-order valence-corrected chi connectivity index (χ0v) is 12.7. The lowest BCUT2D eigenvalue weighted by Crippen LogP contribution is -2.04. The van der Waals surface area contributed by atoms with E-state index in [1.165, 1.54) is 18.2 Å². The number of hydrogen-bond donors (Lipinski definition) is 1. The second-order valence-electron chi connectivity index (χ2n) is 4.63. The first-order valence-corrected chi connectivity index (χ1v) is 7.12. The van der Waals surface area contributed by atoms with Crippen LogP contribution in [0.2, 0.25) is 10.0 Å².